The summed E-state index contributed by atoms with van der Waals surface area (Å²) in [7, 11) is 1.53. The molecule has 0 spiro atoms. The number of nitrogens with zero attached hydrogens (tertiary/aromatic N) is 1. The van der Waals surface area contributed by atoms with Gasteiger partial charge in [-0.05, 0) is 55.2 Å². The zero-order valence-electron chi connectivity index (χ0n) is 17.6. The number of aryl methyl sites for hydroxylation is 1. The van der Waals surface area contributed by atoms with Gasteiger partial charge in [0.1, 0.15) is 5.76 Å². The zero-order chi connectivity index (χ0) is 23.0. The highest BCUT2D eigenvalue weighted by Gasteiger charge is 2.33. The molecule has 0 saturated carbocycles. The minimum atomic E-state index is -0.578. The monoisotopic (exact) mass is 464 g/mol. The maximum atomic E-state index is 12.5. The van der Waals surface area contributed by atoms with Gasteiger partial charge in [0.05, 0.1) is 29.3 Å². The average Bonchev–Trinajstić information content (AvgIpc) is 3.04. The molecule has 1 heterocycles. The Morgan fingerprint density at radius 3 is 2.71 bits per heavy atom. The predicted molar refractivity (Wildman–Crippen MR) is 123 cm³/mol. The minimum Gasteiger partial charge on any atom is -0.503 e. The molecular formula is C23H26Cl2N2O4. The van der Waals surface area contributed by atoms with E-state index in [0.29, 0.717) is 35.2 Å². The molecule has 0 aromatic heterocycles. The summed E-state index contributed by atoms with van der Waals surface area (Å²) < 4.78 is 5.16. The minimum absolute atomic E-state index is 0.0326. The number of methoxy groups -OCH3 is 1. The van der Waals surface area contributed by atoms with Gasteiger partial charge < -0.3 is 20.1 Å². The normalized spacial score (nSPS) is 14.8. The summed E-state index contributed by atoms with van der Waals surface area (Å²) in [5.74, 6) is -0.996. The predicted octanol–water partition coefficient (Wildman–Crippen LogP) is 4.36. The van der Waals surface area contributed by atoms with Crippen LogP contribution in [0.4, 0.5) is 0 Å². The highest BCUT2D eigenvalue weighted by molar-refractivity contribution is 6.42. The van der Waals surface area contributed by atoms with Crippen LogP contribution in [0.1, 0.15) is 18.9 Å². The van der Waals surface area contributed by atoms with Crippen molar-refractivity contribution in [2.45, 2.75) is 19.8 Å². The third-order valence-corrected chi connectivity index (χ3v) is 5.56. The molecule has 0 unspecified atom stereocenters. The zero-order valence-corrected chi connectivity index (χ0v) is 19.1. The molecule has 6 nitrogen and oxygen atoms in total. The van der Waals surface area contributed by atoms with Gasteiger partial charge >= 0.3 is 0 Å². The number of amides is 2. The lowest BCUT2D eigenvalue weighted by atomic mass is 10.1. The number of halogens is 2. The van der Waals surface area contributed by atoms with E-state index in [2.05, 4.69) is 11.9 Å². The quantitative estimate of drug-likeness (QED) is 0.306. The molecule has 0 bridgehead atoms. The second-order valence-corrected chi connectivity index (χ2v) is 7.73. The number of aliphatic hydroxyl groups excluding tert-OH is 1. The number of hydrogen-bond donors (Lipinski definition) is 2. The Balaban J connectivity index is 1.90. The maximum Gasteiger partial charge on any atom is 0.289 e. The molecule has 8 heteroatoms. The molecule has 2 rings (SSSR count). The third kappa shape index (κ3) is 6.64. The Morgan fingerprint density at radius 1 is 1.35 bits per heavy atom. The number of carbonyl (C=O) groups is 2. The van der Waals surface area contributed by atoms with E-state index >= 15 is 0 Å². The first-order valence-corrected chi connectivity index (χ1v) is 10.5. The van der Waals surface area contributed by atoms with Crippen LogP contribution in [0.2, 0.25) is 10.0 Å². The summed E-state index contributed by atoms with van der Waals surface area (Å²) in [6, 6.07) is 5.41. The molecule has 0 atom stereocenters. The van der Waals surface area contributed by atoms with Gasteiger partial charge in [-0.2, -0.15) is 0 Å². The fourth-order valence-electron chi connectivity index (χ4n) is 3.04. The van der Waals surface area contributed by atoms with Crippen molar-refractivity contribution in [1.29, 1.82) is 0 Å². The second kappa shape index (κ2) is 11.6. The van der Waals surface area contributed by atoms with Crippen molar-refractivity contribution >= 4 is 35.0 Å². The van der Waals surface area contributed by atoms with Crippen LogP contribution in [0.25, 0.3) is 0 Å². The standard InChI is InChI=1S/C23H26Cl2N2O4/c1-4-15(11-17(5-2)31-3)13-27-14-18(21(28)23(27)30)22(29)26-10-6-7-16-8-9-19(24)20(25)12-16/h4-5,8-9,11-12,28H,2,6-7,10,13-14H2,1,3H3,(H,26,29)/b15-4+,17-11+. The Morgan fingerprint density at radius 2 is 2.10 bits per heavy atom. The molecule has 31 heavy (non-hydrogen) atoms. The average molecular weight is 465 g/mol. The molecule has 2 amide bonds. The van der Waals surface area contributed by atoms with Crippen molar-refractivity contribution in [2.75, 3.05) is 26.7 Å². The number of rotatable bonds is 10. The van der Waals surface area contributed by atoms with Gasteiger partial charge in [0.2, 0.25) is 0 Å². The van der Waals surface area contributed by atoms with Gasteiger partial charge in [0, 0.05) is 13.1 Å². The summed E-state index contributed by atoms with van der Waals surface area (Å²) in [6.07, 6.45) is 6.51. The van der Waals surface area contributed by atoms with Crippen molar-refractivity contribution in [2.24, 2.45) is 0 Å². The van der Waals surface area contributed by atoms with Crippen molar-refractivity contribution < 1.29 is 19.4 Å². The molecule has 1 aromatic rings. The van der Waals surface area contributed by atoms with Crippen molar-refractivity contribution in [3.63, 3.8) is 0 Å². The van der Waals surface area contributed by atoms with Gasteiger partial charge in [-0.1, -0.05) is 41.9 Å². The lowest BCUT2D eigenvalue weighted by Gasteiger charge is -2.17. The van der Waals surface area contributed by atoms with E-state index in [1.807, 2.05) is 19.1 Å². The van der Waals surface area contributed by atoms with Crippen LogP contribution < -0.4 is 5.32 Å². The number of allylic oxidation sites excluding steroid dienone is 2. The van der Waals surface area contributed by atoms with E-state index < -0.39 is 17.6 Å². The number of benzene rings is 1. The smallest absolute Gasteiger partial charge is 0.289 e. The van der Waals surface area contributed by atoms with Gasteiger partial charge in [0.25, 0.3) is 11.8 Å². The second-order valence-electron chi connectivity index (χ2n) is 6.91. The lowest BCUT2D eigenvalue weighted by molar-refractivity contribution is -0.127. The summed E-state index contributed by atoms with van der Waals surface area (Å²) >= 11 is 11.9. The molecule has 1 aromatic carbocycles. The van der Waals surface area contributed by atoms with E-state index in [1.165, 1.54) is 12.0 Å². The number of ether oxygens (including phenoxy) is 1. The Hall–Kier alpha value is -2.70. The number of carbonyl (C=O) groups excluding carboxylic acids is 2. The van der Waals surface area contributed by atoms with Gasteiger partial charge in [-0.3, -0.25) is 9.59 Å². The summed E-state index contributed by atoms with van der Waals surface area (Å²) in [6.45, 7) is 6.15. The fourth-order valence-corrected chi connectivity index (χ4v) is 3.36. The summed E-state index contributed by atoms with van der Waals surface area (Å²) in [5, 5.41) is 13.9. The molecule has 0 radical (unpaired) electrons. The van der Waals surface area contributed by atoms with Crippen molar-refractivity contribution in [1.82, 2.24) is 10.2 Å². The SMILES string of the molecule is C=C/C(=C\C(=C/C)CN1CC(C(=O)NCCCc2ccc(Cl)c(Cl)c2)=C(O)C1=O)OC. The largest absolute Gasteiger partial charge is 0.503 e. The van der Waals surface area contributed by atoms with E-state index in [1.54, 1.807) is 24.3 Å². The van der Waals surface area contributed by atoms with Gasteiger partial charge in [-0.25, -0.2) is 0 Å². The van der Waals surface area contributed by atoms with Gasteiger partial charge in [0.15, 0.2) is 5.76 Å². The van der Waals surface area contributed by atoms with Crippen LogP contribution >= 0.6 is 23.2 Å². The molecular weight excluding hydrogens is 439 g/mol. The van der Waals surface area contributed by atoms with Crippen LogP contribution in [-0.2, 0) is 20.7 Å². The van der Waals surface area contributed by atoms with E-state index in [4.69, 9.17) is 27.9 Å². The van der Waals surface area contributed by atoms with Crippen LogP contribution in [0.5, 0.6) is 0 Å². The number of nitrogens with one attached hydrogen (secondary N) is 1. The highest BCUT2D eigenvalue weighted by atomic mass is 35.5. The maximum absolute atomic E-state index is 12.5. The first-order chi connectivity index (χ1) is 14.8. The van der Waals surface area contributed by atoms with Gasteiger partial charge in [-0.15, -0.1) is 0 Å². The van der Waals surface area contributed by atoms with Crippen molar-refractivity contribution in [3.05, 3.63) is 81.3 Å². The molecule has 0 fully saturated rings. The van der Waals surface area contributed by atoms with Crippen LogP contribution in [0.3, 0.4) is 0 Å². The first kappa shape index (κ1) is 24.6. The fraction of sp³-hybridized carbons (Fsp3) is 0.304. The molecule has 1 aliphatic heterocycles. The topological polar surface area (TPSA) is 78.9 Å². The van der Waals surface area contributed by atoms with Crippen molar-refractivity contribution in [3.8, 4) is 0 Å². The Kier molecular flexibility index (Phi) is 9.21. The molecule has 0 aliphatic carbocycles. The van der Waals surface area contributed by atoms with E-state index in [9.17, 15) is 14.7 Å². The summed E-state index contributed by atoms with van der Waals surface area (Å²) in [5.41, 5.74) is 1.87. The lowest BCUT2D eigenvalue weighted by Crippen LogP contribution is -2.32. The third-order valence-electron chi connectivity index (χ3n) is 4.82. The van der Waals surface area contributed by atoms with Crippen LogP contribution in [0.15, 0.2) is 65.7 Å². The van der Waals surface area contributed by atoms with E-state index in [-0.39, 0.29) is 18.7 Å². The molecule has 2 N–H and O–H groups in total. The van der Waals surface area contributed by atoms with Crippen LogP contribution in [-0.4, -0.2) is 48.6 Å². The summed E-state index contributed by atoms with van der Waals surface area (Å²) in [4.78, 5) is 26.3. The number of aliphatic hydroxyl groups is 1. The molecule has 1 aliphatic rings. The highest BCUT2D eigenvalue weighted by Crippen LogP contribution is 2.23. The molecule has 166 valence electrons. The number of hydrogen-bond acceptors (Lipinski definition) is 4. The molecule has 0 saturated heterocycles. The Bertz CT molecular complexity index is 951. The van der Waals surface area contributed by atoms with E-state index in [0.717, 1.165) is 11.1 Å². The Labute approximate surface area is 192 Å². The first-order valence-electron chi connectivity index (χ1n) is 9.77. The van der Waals surface area contributed by atoms with Crippen LogP contribution in [0, 0.1) is 0 Å².